The molecule has 0 bridgehead atoms. The Balaban J connectivity index is 2.64. The van der Waals surface area contributed by atoms with E-state index in [4.69, 9.17) is 11.6 Å². The second-order valence-corrected chi connectivity index (χ2v) is 3.83. The predicted octanol–water partition coefficient (Wildman–Crippen LogP) is 3.19. The van der Waals surface area contributed by atoms with Crippen LogP contribution >= 0.6 is 11.6 Å². The van der Waals surface area contributed by atoms with Crippen LogP contribution in [0, 0.1) is 12.7 Å². The van der Waals surface area contributed by atoms with Crippen molar-refractivity contribution in [3.05, 3.63) is 40.8 Å². The Morgan fingerprint density at radius 3 is 2.73 bits per heavy atom. The smallest absolute Gasteiger partial charge is 0.126 e. The summed E-state index contributed by atoms with van der Waals surface area (Å²) in [6.45, 7) is 1.69. The Morgan fingerprint density at radius 1 is 1.40 bits per heavy atom. The second kappa shape index (κ2) is 3.66. The zero-order chi connectivity index (χ0) is 11.0. The van der Waals surface area contributed by atoms with Gasteiger partial charge in [0.15, 0.2) is 0 Å². The van der Waals surface area contributed by atoms with E-state index in [-0.39, 0.29) is 5.82 Å². The lowest BCUT2D eigenvalue weighted by Gasteiger charge is -2.06. The summed E-state index contributed by atoms with van der Waals surface area (Å²) in [6, 6.07) is 4.86. The van der Waals surface area contributed by atoms with E-state index in [2.05, 4.69) is 5.10 Å². The topological polar surface area (TPSA) is 17.8 Å². The van der Waals surface area contributed by atoms with Crippen LogP contribution in [0.25, 0.3) is 11.3 Å². The molecular formula is C11H10ClFN2. The van der Waals surface area contributed by atoms with Crippen LogP contribution < -0.4 is 0 Å². The lowest BCUT2D eigenvalue weighted by Crippen LogP contribution is -1.95. The zero-order valence-electron chi connectivity index (χ0n) is 8.46. The van der Waals surface area contributed by atoms with Crippen molar-refractivity contribution in [1.29, 1.82) is 0 Å². The third kappa shape index (κ3) is 1.75. The quantitative estimate of drug-likeness (QED) is 0.728. The van der Waals surface area contributed by atoms with Gasteiger partial charge in [-0.1, -0.05) is 11.6 Å². The monoisotopic (exact) mass is 224 g/mol. The number of aromatic nitrogens is 2. The molecule has 78 valence electrons. The van der Waals surface area contributed by atoms with E-state index >= 15 is 0 Å². The molecule has 1 heterocycles. The van der Waals surface area contributed by atoms with Crippen molar-refractivity contribution in [3.8, 4) is 11.3 Å². The van der Waals surface area contributed by atoms with E-state index in [0.29, 0.717) is 16.1 Å². The van der Waals surface area contributed by atoms with Crippen molar-refractivity contribution >= 4 is 11.6 Å². The van der Waals surface area contributed by atoms with E-state index in [1.54, 1.807) is 37.0 Å². The summed E-state index contributed by atoms with van der Waals surface area (Å²) in [5.41, 5.74) is 2.02. The van der Waals surface area contributed by atoms with Gasteiger partial charge in [0.25, 0.3) is 0 Å². The summed E-state index contributed by atoms with van der Waals surface area (Å²) >= 11 is 6.06. The van der Waals surface area contributed by atoms with Crippen molar-refractivity contribution in [2.45, 2.75) is 6.92 Å². The van der Waals surface area contributed by atoms with Crippen molar-refractivity contribution in [3.63, 3.8) is 0 Å². The van der Waals surface area contributed by atoms with Crippen molar-refractivity contribution < 1.29 is 4.39 Å². The van der Waals surface area contributed by atoms with Crippen LogP contribution in [-0.4, -0.2) is 9.78 Å². The van der Waals surface area contributed by atoms with Gasteiger partial charge in [-0.3, -0.25) is 4.68 Å². The highest BCUT2D eigenvalue weighted by Gasteiger charge is 2.10. The molecule has 2 nitrogen and oxygen atoms in total. The van der Waals surface area contributed by atoms with E-state index < -0.39 is 0 Å². The molecule has 0 saturated heterocycles. The highest BCUT2D eigenvalue weighted by Crippen LogP contribution is 2.29. The lowest BCUT2D eigenvalue weighted by atomic mass is 10.1. The molecule has 0 aliphatic rings. The minimum absolute atomic E-state index is 0.254. The van der Waals surface area contributed by atoms with E-state index in [1.807, 2.05) is 0 Å². The molecule has 0 aliphatic heterocycles. The second-order valence-electron chi connectivity index (χ2n) is 3.42. The number of hydrogen-bond acceptors (Lipinski definition) is 1. The molecule has 1 aromatic heterocycles. The fraction of sp³-hybridized carbons (Fsp3) is 0.182. The molecule has 2 aromatic rings. The van der Waals surface area contributed by atoms with Crippen LogP contribution in [0.3, 0.4) is 0 Å². The fourth-order valence-electron chi connectivity index (χ4n) is 1.48. The first-order valence-corrected chi connectivity index (χ1v) is 4.91. The van der Waals surface area contributed by atoms with E-state index in [0.717, 1.165) is 5.69 Å². The molecule has 0 radical (unpaired) electrons. The first kappa shape index (κ1) is 10.2. The Hall–Kier alpha value is -1.35. The Morgan fingerprint density at radius 2 is 2.13 bits per heavy atom. The summed E-state index contributed by atoms with van der Waals surface area (Å²) in [6.07, 6.45) is 1.66. The highest BCUT2D eigenvalue weighted by atomic mass is 35.5. The van der Waals surface area contributed by atoms with Crippen LogP contribution in [0.2, 0.25) is 5.02 Å². The maximum Gasteiger partial charge on any atom is 0.126 e. The summed E-state index contributed by atoms with van der Waals surface area (Å²) < 4.78 is 15.1. The number of nitrogens with zero attached hydrogens (tertiary/aromatic N) is 2. The number of benzene rings is 1. The van der Waals surface area contributed by atoms with E-state index in [1.165, 1.54) is 6.07 Å². The zero-order valence-corrected chi connectivity index (χ0v) is 9.22. The summed E-state index contributed by atoms with van der Waals surface area (Å²) in [5.74, 6) is -0.254. The maximum absolute atomic E-state index is 13.4. The lowest BCUT2D eigenvalue weighted by molar-refractivity contribution is 0.618. The minimum Gasteiger partial charge on any atom is -0.268 e. The van der Waals surface area contributed by atoms with E-state index in [9.17, 15) is 4.39 Å². The number of rotatable bonds is 1. The normalized spacial score (nSPS) is 10.7. The first-order chi connectivity index (χ1) is 7.09. The maximum atomic E-state index is 13.4. The van der Waals surface area contributed by atoms with Gasteiger partial charge < -0.3 is 0 Å². The SMILES string of the molecule is Cc1cc(Cl)c(-c2ccnn2C)cc1F. The third-order valence-electron chi connectivity index (χ3n) is 2.35. The Kier molecular flexibility index (Phi) is 2.49. The molecule has 2 rings (SSSR count). The van der Waals surface area contributed by atoms with Crippen molar-refractivity contribution in [1.82, 2.24) is 9.78 Å². The van der Waals surface area contributed by atoms with Crippen LogP contribution in [0.4, 0.5) is 4.39 Å². The molecule has 0 aliphatic carbocycles. The number of halogens is 2. The highest BCUT2D eigenvalue weighted by molar-refractivity contribution is 6.33. The number of hydrogen-bond donors (Lipinski definition) is 0. The summed E-state index contributed by atoms with van der Waals surface area (Å²) in [7, 11) is 1.80. The molecule has 0 spiro atoms. The molecule has 0 fully saturated rings. The molecule has 0 atom stereocenters. The van der Waals surface area contributed by atoms with Gasteiger partial charge in [-0.05, 0) is 30.7 Å². The molecule has 0 N–H and O–H groups in total. The van der Waals surface area contributed by atoms with Gasteiger partial charge in [0.2, 0.25) is 0 Å². The van der Waals surface area contributed by atoms with Crippen LogP contribution in [0.15, 0.2) is 24.4 Å². The average Bonchev–Trinajstić information content (AvgIpc) is 2.58. The Labute approximate surface area is 92.3 Å². The van der Waals surface area contributed by atoms with Crippen LogP contribution in [0.5, 0.6) is 0 Å². The predicted molar refractivity (Wildman–Crippen MR) is 58.3 cm³/mol. The molecular weight excluding hydrogens is 215 g/mol. The molecule has 4 heteroatoms. The first-order valence-electron chi connectivity index (χ1n) is 4.53. The number of aryl methyl sites for hydroxylation is 2. The molecule has 0 amide bonds. The fourth-order valence-corrected chi connectivity index (χ4v) is 1.80. The van der Waals surface area contributed by atoms with Gasteiger partial charge in [-0.2, -0.15) is 5.10 Å². The largest absolute Gasteiger partial charge is 0.268 e. The van der Waals surface area contributed by atoms with Gasteiger partial charge in [0.1, 0.15) is 5.82 Å². The summed E-state index contributed by atoms with van der Waals surface area (Å²) in [5, 5.41) is 4.56. The van der Waals surface area contributed by atoms with Gasteiger partial charge >= 0.3 is 0 Å². The molecule has 0 saturated carbocycles. The molecule has 1 aromatic carbocycles. The Bertz CT molecular complexity index is 505. The molecule has 0 unspecified atom stereocenters. The minimum atomic E-state index is -0.254. The standard InChI is InChI=1S/C11H10ClFN2/c1-7-5-9(12)8(6-10(7)13)11-3-4-14-15(11)2/h3-6H,1-2H3. The summed E-state index contributed by atoms with van der Waals surface area (Å²) in [4.78, 5) is 0. The van der Waals surface area contributed by atoms with Gasteiger partial charge in [-0.25, -0.2) is 4.39 Å². The van der Waals surface area contributed by atoms with Crippen LogP contribution in [-0.2, 0) is 7.05 Å². The molecule has 15 heavy (non-hydrogen) atoms. The average molecular weight is 225 g/mol. The van der Waals surface area contributed by atoms with Crippen LogP contribution in [0.1, 0.15) is 5.56 Å². The third-order valence-corrected chi connectivity index (χ3v) is 2.66. The van der Waals surface area contributed by atoms with Gasteiger partial charge in [-0.15, -0.1) is 0 Å². The van der Waals surface area contributed by atoms with Crippen molar-refractivity contribution in [2.75, 3.05) is 0 Å². The van der Waals surface area contributed by atoms with Gasteiger partial charge in [0, 0.05) is 18.8 Å². The van der Waals surface area contributed by atoms with Crippen molar-refractivity contribution in [2.24, 2.45) is 7.05 Å². The van der Waals surface area contributed by atoms with Gasteiger partial charge in [0.05, 0.1) is 10.7 Å².